The molecule has 1 aromatic heterocycles. The molecule has 2 heterocycles. The molecule has 1 aliphatic rings. The minimum atomic E-state index is 0.00972. The van der Waals surface area contributed by atoms with Gasteiger partial charge in [0.2, 0.25) is 0 Å². The van der Waals surface area contributed by atoms with Gasteiger partial charge in [-0.2, -0.15) is 0 Å². The highest BCUT2D eigenvalue weighted by Crippen LogP contribution is 2.14. The van der Waals surface area contributed by atoms with E-state index in [9.17, 15) is 4.79 Å². The van der Waals surface area contributed by atoms with Crippen LogP contribution in [0.2, 0.25) is 0 Å². The maximum atomic E-state index is 12.5. The molecule has 1 amide bonds. The first-order chi connectivity index (χ1) is 9.06. The van der Waals surface area contributed by atoms with Crippen molar-refractivity contribution in [3.63, 3.8) is 0 Å². The number of rotatable bonds is 5. The first kappa shape index (κ1) is 14.1. The molecule has 0 saturated carbocycles. The quantitative estimate of drug-likeness (QED) is 0.888. The van der Waals surface area contributed by atoms with Crippen molar-refractivity contribution in [3.8, 4) is 0 Å². The minimum absolute atomic E-state index is 0.00972. The molecule has 4 nitrogen and oxygen atoms in total. The smallest absolute Gasteiger partial charge is 0.289 e. The molecule has 19 heavy (non-hydrogen) atoms. The highest BCUT2D eigenvalue weighted by molar-refractivity contribution is 5.91. The Morgan fingerprint density at radius 1 is 1.53 bits per heavy atom. The lowest BCUT2D eigenvalue weighted by atomic mass is 10.1. The molecule has 0 aromatic carbocycles. The summed E-state index contributed by atoms with van der Waals surface area (Å²) >= 11 is 0. The zero-order valence-corrected chi connectivity index (χ0v) is 12.1. The molecular formula is C15H24N2O2. The summed E-state index contributed by atoms with van der Waals surface area (Å²) in [5.41, 5.74) is 0. The zero-order valence-electron chi connectivity index (χ0n) is 12.1. The zero-order chi connectivity index (χ0) is 13.8. The van der Waals surface area contributed by atoms with Crippen molar-refractivity contribution in [2.45, 2.75) is 39.7 Å². The molecule has 1 aromatic rings. The molecule has 1 aliphatic heterocycles. The van der Waals surface area contributed by atoms with Gasteiger partial charge >= 0.3 is 0 Å². The maximum absolute atomic E-state index is 12.5. The molecular weight excluding hydrogens is 240 g/mol. The van der Waals surface area contributed by atoms with E-state index in [-0.39, 0.29) is 5.91 Å². The Labute approximate surface area is 115 Å². The molecule has 4 heteroatoms. The van der Waals surface area contributed by atoms with E-state index in [2.05, 4.69) is 19.2 Å². The summed E-state index contributed by atoms with van der Waals surface area (Å²) in [4.78, 5) is 14.4. The van der Waals surface area contributed by atoms with Crippen LogP contribution in [-0.4, -0.2) is 36.5 Å². The number of hydrogen-bond acceptors (Lipinski definition) is 3. The monoisotopic (exact) mass is 264 g/mol. The molecule has 1 atom stereocenters. The molecule has 1 unspecified atom stereocenters. The van der Waals surface area contributed by atoms with Crippen molar-refractivity contribution in [3.05, 3.63) is 23.7 Å². The van der Waals surface area contributed by atoms with Gasteiger partial charge in [-0.05, 0) is 44.4 Å². The predicted molar refractivity (Wildman–Crippen MR) is 75.2 cm³/mol. The van der Waals surface area contributed by atoms with E-state index in [4.69, 9.17) is 4.42 Å². The summed E-state index contributed by atoms with van der Waals surface area (Å²) in [6.45, 7) is 8.75. The Morgan fingerprint density at radius 3 is 2.84 bits per heavy atom. The Hall–Kier alpha value is -1.29. The second-order valence-electron chi connectivity index (χ2n) is 5.81. The molecule has 1 N–H and O–H groups in total. The Balaban J connectivity index is 2.05. The van der Waals surface area contributed by atoms with E-state index < -0.39 is 0 Å². The van der Waals surface area contributed by atoms with Gasteiger partial charge in [0.1, 0.15) is 5.76 Å². The number of nitrogens with one attached hydrogen (secondary N) is 1. The highest BCUT2D eigenvalue weighted by atomic mass is 16.3. The predicted octanol–water partition coefficient (Wildman–Crippen LogP) is 2.44. The standard InChI is InChI=1S/C15H24N2O2/c1-11(2)9-17(10-13-5-4-8-16-13)15(18)14-7-6-12(3)19-14/h6-7,11,13,16H,4-5,8-10H2,1-3H3. The molecule has 0 bridgehead atoms. The van der Waals surface area contributed by atoms with Crippen molar-refractivity contribution >= 4 is 5.91 Å². The lowest BCUT2D eigenvalue weighted by Crippen LogP contribution is -2.42. The molecule has 1 fully saturated rings. The lowest BCUT2D eigenvalue weighted by Gasteiger charge is -2.26. The van der Waals surface area contributed by atoms with Crippen LogP contribution >= 0.6 is 0 Å². The lowest BCUT2D eigenvalue weighted by molar-refractivity contribution is 0.0688. The third-order valence-corrected chi connectivity index (χ3v) is 3.43. The van der Waals surface area contributed by atoms with Crippen LogP contribution < -0.4 is 5.32 Å². The first-order valence-electron chi connectivity index (χ1n) is 7.15. The van der Waals surface area contributed by atoms with Crippen LogP contribution in [0.1, 0.15) is 43.0 Å². The van der Waals surface area contributed by atoms with Gasteiger partial charge in [-0.3, -0.25) is 4.79 Å². The van der Waals surface area contributed by atoms with Crippen LogP contribution in [0.4, 0.5) is 0 Å². The van der Waals surface area contributed by atoms with Crippen LogP contribution in [0.5, 0.6) is 0 Å². The number of carbonyl (C=O) groups is 1. The number of furan rings is 1. The van der Waals surface area contributed by atoms with E-state index in [1.54, 1.807) is 6.07 Å². The minimum Gasteiger partial charge on any atom is -0.456 e. The normalized spacial score (nSPS) is 19.1. The largest absolute Gasteiger partial charge is 0.456 e. The fourth-order valence-electron chi connectivity index (χ4n) is 2.57. The first-order valence-corrected chi connectivity index (χ1v) is 7.15. The van der Waals surface area contributed by atoms with Gasteiger partial charge in [0.15, 0.2) is 5.76 Å². The maximum Gasteiger partial charge on any atom is 0.289 e. The number of aryl methyl sites for hydroxylation is 1. The average molecular weight is 264 g/mol. The van der Waals surface area contributed by atoms with Crippen LogP contribution in [0.15, 0.2) is 16.5 Å². The summed E-state index contributed by atoms with van der Waals surface area (Å²) in [5, 5.41) is 3.45. The van der Waals surface area contributed by atoms with Gasteiger partial charge in [-0.15, -0.1) is 0 Å². The van der Waals surface area contributed by atoms with E-state index in [0.717, 1.165) is 31.8 Å². The van der Waals surface area contributed by atoms with Crippen molar-refractivity contribution < 1.29 is 9.21 Å². The molecule has 2 rings (SSSR count). The third-order valence-electron chi connectivity index (χ3n) is 3.43. The van der Waals surface area contributed by atoms with Gasteiger partial charge in [-0.25, -0.2) is 0 Å². The van der Waals surface area contributed by atoms with E-state index in [1.165, 1.54) is 6.42 Å². The second-order valence-corrected chi connectivity index (χ2v) is 5.81. The highest BCUT2D eigenvalue weighted by Gasteiger charge is 2.24. The topological polar surface area (TPSA) is 45.5 Å². The van der Waals surface area contributed by atoms with Crippen LogP contribution in [0.3, 0.4) is 0 Å². The van der Waals surface area contributed by atoms with Crippen LogP contribution in [0, 0.1) is 12.8 Å². The Kier molecular flexibility index (Phi) is 4.64. The molecule has 0 radical (unpaired) electrons. The number of hydrogen-bond donors (Lipinski definition) is 1. The average Bonchev–Trinajstić information content (AvgIpc) is 2.98. The molecule has 0 aliphatic carbocycles. The van der Waals surface area contributed by atoms with Gasteiger partial charge < -0.3 is 14.6 Å². The summed E-state index contributed by atoms with van der Waals surface area (Å²) in [6.07, 6.45) is 2.35. The summed E-state index contributed by atoms with van der Waals surface area (Å²) in [7, 11) is 0. The number of amides is 1. The van der Waals surface area contributed by atoms with Crippen LogP contribution in [0.25, 0.3) is 0 Å². The number of nitrogens with zero attached hydrogens (tertiary/aromatic N) is 1. The summed E-state index contributed by atoms with van der Waals surface area (Å²) in [5.74, 6) is 1.71. The van der Waals surface area contributed by atoms with Gasteiger partial charge in [0.05, 0.1) is 0 Å². The Morgan fingerprint density at radius 2 is 2.32 bits per heavy atom. The van der Waals surface area contributed by atoms with E-state index in [1.807, 2.05) is 17.9 Å². The van der Waals surface area contributed by atoms with Crippen molar-refractivity contribution in [2.75, 3.05) is 19.6 Å². The van der Waals surface area contributed by atoms with E-state index in [0.29, 0.717) is 17.7 Å². The SMILES string of the molecule is Cc1ccc(C(=O)N(CC(C)C)CC2CCCN2)o1. The molecule has 0 spiro atoms. The molecule has 1 saturated heterocycles. The van der Waals surface area contributed by atoms with Gasteiger partial charge in [0.25, 0.3) is 5.91 Å². The molecule has 106 valence electrons. The third kappa shape index (κ3) is 3.83. The van der Waals surface area contributed by atoms with Crippen molar-refractivity contribution in [2.24, 2.45) is 5.92 Å². The van der Waals surface area contributed by atoms with Crippen molar-refractivity contribution in [1.82, 2.24) is 10.2 Å². The van der Waals surface area contributed by atoms with Gasteiger partial charge in [-0.1, -0.05) is 13.8 Å². The fourth-order valence-corrected chi connectivity index (χ4v) is 2.57. The Bertz CT molecular complexity index is 420. The summed E-state index contributed by atoms with van der Waals surface area (Å²) in [6, 6.07) is 4.04. The summed E-state index contributed by atoms with van der Waals surface area (Å²) < 4.78 is 5.46. The fraction of sp³-hybridized carbons (Fsp3) is 0.667. The second kappa shape index (κ2) is 6.24. The van der Waals surface area contributed by atoms with Gasteiger partial charge in [0, 0.05) is 19.1 Å². The number of carbonyl (C=O) groups excluding carboxylic acids is 1. The van der Waals surface area contributed by atoms with Crippen molar-refractivity contribution in [1.29, 1.82) is 0 Å². The van der Waals surface area contributed by atoms with Crippen LogP contribution in [-0.2, 0) is 0 Å². The van der Waals surface area contributed by atoms with E-state index >= 15 is 0 Å².